The second-order valence-electron chi connectivity index (χ2n) is 7.27. The third kappa shape index (κ3) is 4.71. The summed E-state index contributed by atoms with van der Waals surface area (Å²) in [5.74, 6) is -0.300. The molecule has 0 aromatic heterocycles. The van der Waals surface area contributed by atoms with Crippen LogP contribution in [0, 0.1) is 5.92 Å². The van der Waals surface area contributed by atoms with E-state index in [9.17, 15) is 18.0 Å². The molecule has 25 heavy (non-hydrogen) atoms. The van der Waals surface area contributed by atoms with Crippen LogP contribution in [0.2, 0.25) is 0 Å². The van der Waals surface area contributed by atoms with Crippen LogP contribution in [0.5, 0.6) is 0 Å². The molecular formula is C16H28N4O4S. The van der Waals surface area contributed by atoms with Gasteiger partial charge in [-0.25, -0.2) is 13.1 Å². The van der Waals surface area contributed by atoms with Gasteiger partial charge in [-0.1, -0.05) is 12.8 Å². The molecule has 142 valence electrons. The number of hydrogen-bond acceptors (Lipinski definition) is 5. The van der Waals surface area contributed by atoms with Gasteiger partial charge in [0.2, 0.25) is 21.8 Å². The van der Waals surface area contributed by atoms with E-state index in [0.717, 1.165) is 25.7 Å². The molecule has 3 heterocycles. The Kier molecular flexibility index (Phi) is 5.96. The normalized spacial score (nSPS) is 37.1. The lowest BCUT2D eigenvalue weighted by Gasteiger charge is -2.26. The van der Waals surface area contributed by atoms with Crippen LogP contribution in [0.4, 0.5) is 0 Å². The SMILES string of the molecule is O=C1NCCCCC1C1CCNC(C2CCCCS(=O)(=O)N2)C(=O)N1. The summed E-state index contributed by atoms with van der Waals surface area (Å²) in [6, 6.07) is -1.23. The van der Waals surface area contributed by atoms with Crippen molar-refractivity contribution >= 4 is 21.8 Å². The predicted molar refractivity (Wildman–Crippen MR) is 93.3 cm³/mol. The standard InChI is InChI=1S/C16H28N4O4S/c21-15-11(5-1-3-8-18-15)12-7-9-17-14(16(22)19-12)13-6-2-4-10-25(23,24)20-13/h11-14,17,20H,1-10H2,(H,18,21)(H,19,22). The Morgan fingerprint density at radius 2 is 1.64 bits per heavy atom. The molecule has 4 unspecified atom stereocenters. The van der Waals surface area contributed by atoms with E-state index in [1.807, 2.05) is 0 Å². The Bertz CT molecular complexity index is 609. The molecule has 8 nitrogen and oxygen atoms in total. The van der Waals surface area contributed by atoms with Crippen LogP contribution in [-0.4, -0.2) is 57.2 Å². The Labute approximate surface area is 148 Å². The van der Waals surface area contributed by atoms with Crippen molar-refractivity contribution < 1.29 is 18.0 Å². The minimum Gasteiger partial charge on any atom is -0.356 e. The van der Waals surface area contributed by atoms with Crippen LogP contribution in [0.1, 0.15) is 44.9 Å². The van der Waals surface area contributed by atoms with E-state index in [1.54, 1.807) is 0 Å². The molecule has 0 aromatic rings. The van der Waals surface area contributed by atoms with Crippen LogP contribution in [-0.2, 0) is 19.6 Å². The third-order valence-corrected chi connectivity index (χ3v) is 6.89. The Balaban J connectivity index is 1.69. The fourth-order valence-electron chi connectivity index (χ4n) is 4.04. The highest BCUT2D eigenvalue weighted by atomic mass is 32.2. The smallest absolute Gasteiger partial charge is 0.239 e. The van der Waals surface area contributed by atoms with Crippen LogP contribution >= 0.6 is 0 Å². The first-order chi connectivity index (χ1) is 12.0. The summed E-state index contributed by atoms with van der Waals surface area (Å²) in [5.41, 5.74) is 0. The van der Waals surface area contributed by atoms with Crippen molar-refractivity contribution in [2.75, 3.05) is 18.8 Å². The highest BCUT2D eigenvalue weighted by molar-refractivity contribution is 7.89. The van der Waals surface area contributed by atoms with E-state index >= 15 is 0 Å². The molecule has 2 amide bonds. The highest BCUT2D eigenvalue weighted by Crippen LogP contribution is 2.21. The molecule has 0 aromatic carbocycles. The zero-order valence-corrected chi connectivity index (χ0v) is 15.2. The first kappa shape index (κ1) is 18.6. The van der Waals surface area contributed by atoms with E-state index in [0.29, 0.717) is 32.4 Å². The number of rotatable bonds is 2. The van der Waals surface area contributed by atoms with Crippen LogP contribution in [0.25, 0.3) is 0 Å². The molecule has 3 rings (SSSR count). The predicted octanol–water partition coefficient (Wildman–Crippen LogP) is -0.779. The molecule has 0 radical (unpaired) electrons. The molecule has 9 heteroatoms. The maximum atomic E-state index is 12.7. The number of sulfonamides is 1. The number of nitrogens with one attached hydrogen (secondary N) is 4. The van der Waals surface area contributed by atoms with E-state index in [2.05, 4.69) is 20.7 Å². The van der Waals surface area contributed by atoms with Crippen molar-refractivity contribution in [2.24, 2.45) is 5.92 Å². The van der Waals surface area contributed by atoms with Crippen molar-refractivity contribution in [1.29, 1.82) is 0 Å². The van der Waals surface area contributed by atoms with E-state index < -0.39 is 22.1 Å². The number of carbonyl (C=O) groups excluding carboxylic acids is 2. The fourth-order valence-corrected chi connectivity index (χ4v) is 5.46. The molecule has 0 aliphatic carbocycles. The first-order valence-corrected chi connectivity index (χ1v) is 10.9. The van der Waals surface area contributed by atoms with Crippen molar-refractivity contribution in [3.63, 3.8) is 0 Å². The Morgan fingerprint density at radius 1 is 0.840 bits per heavy atom. The molecule has 0 spiro atoms. The molecular weight excluding hydrogens is 344 g/mol. The summed E-state index contributed by atoms with van der Waals surface area (Å²) < 4.78 is 26.6. The summed E-state index contributed by atoms with van der Waals surface area (Å²) in [4.78, 5) is 25.0. The minimum absolute atomic E-state index is 0.0106. The average Bonchev–Trinajstić information content (AvgIpc) is 2.95. The number of carbonyl (C=O) groups is 2. The summed E-state index contributed by atoms with van der Waals surface area (Å²) in [5, 5.41) is 9.12. The van der Waals surface area contributed by atoms with Gasteiger partial charge in [0.1, 0.15) is 6.04 Å². The molecule has 0 saturated carbocycles. The Morgan fingerprint density at radius 3 is 2.48 bits per heavy atom. The second kappa shape index (κ2) is 8.01. The van der Waals surface area contributed by atoms with Crippen molar-refractivity contribution in [3.05, 3.63) is 0 Å². The summed E-state index contributed by atoms with van der Waals surface area (Å²) in [7, 11) is -3.33. The zero-order chi connectivity index (χ0) is 17.9. The molecule has 3 fully saturated rings. The second-order valence-corrected chi connectivity index (χ2v) is 9.14. The van der Waals surface area contributed by atoms with Gasteiger partial charge in [0.15, 0.2) is 0 Å². The lowest BCUT2D eigenvalue weighted by atomic mass is 9.91. The van der Waals surface area contributed by atoms with E-state index in [-0.39, 0.29) is 29.5 Å². The average molecular weight is 372 g/mol. The van der Waals surface area contributed by atoms with Gasteiger partial charge in [0, 0.05) is 18.6 Å². The van der Waals surface area contributed by atoms with E-state index in [4.69, 9.17) is 0 Å². The molecule has 4 atom stereocenters. The molecule has 4 N–H and O–H groups in total. The zero-order valence-electron chi connectivity index (χ0n) is 14.4. The number of hydrogen-bond donors (Lipinski definition) is 4. The van der Waals surface area contributed by atoms with Gasteiger partial charge >= 0.3 is 0 Å². The van der Waals surface area contributed by atoms with Gasteiger partial charge in [-0.05, 0) is 38.6 Å². The maximum absolute atomic E-state index is 12.7. The lowest BCUT2D eigenvalue weighted by Crippen LogP contribution is -2.56. The minimum atomic E-state index is -3.33. The van der Waals surface area contributed by atoms with Crippen LogP contribution in [0.15, 0.2) is 0 Å². The monoisotopic (exact) mass is 372 g/mol. The fraction of sp³-hybridized carbons (Fsp3) is 0.875. The first-order valence-electron chi connectivity index (χ1n) is 9.28. The molecule has 3 aliphatic heterocycles. The molecule has 0 bridgehead atoms. The lowest BCUT2D eigenvalue weighted by molar-refractivity contribution is -0.127. The van der Waals surface area contributed by atoms with Crippen molar-refractivity contribution in [1.82, 2.24) is 20.7 Å². The summed E-state index contributed by atoms with van der Waals surface area (Å²) in [6.45, 7) is 1.27. The van der Waals surface area contributed by atoms with Gasteiger partial charge in [0.05, 0.1) is 11.7 Å². The largest absolute Gasteiger partial charge is 0.356 e. The third-order valence-electron chi connectivity index (χ3n) is 5.40. The van der Waals surface area contributed by atoms with Gasteiger partial charge in [0.25, 0.3) is 0 Å². The van der Waals surface area contributed by atoms with Gasteiger partial charge in [-0.15, -0.1) is 0 Å². The van der Waals surface area contributed by atoms with Crippen LogP contribution in [0.3, 0.4) is 0 Å². The van der Waals surface area contributed by atoms with Gasteiger partial charge < -0.3 is 16.0 Å². The summed E-state index contributed by atoms with van der Waals surface area (Å²) >= 11 is 0. The Hall–Kier alpha value is -1.19. The highest BCUT2D eigenvalue weighted by Gasteiger charge is 2.38. The maximum Gasteiger partial charge on any atom is 0.239 e. The van der Waals surface area contributed by atoms with Crippen molar-refractivity contribution in [3.8, 4) is 0 Å². The number of amides is 2. The van der Waals surface area contributed by atoms with Crippen molar-refractivity contribution in [2.45, 2.75) is 63.1 Å². The van der Waals surface area contributed by atoms with E-state index in [1.165, 1.54) is 0 Å². The van der Waals surface area contributed by atoms with Gasteiger partial charge in [-0.3, -0.25) is 9.59 Å². The summed E-state index contributed by atoms with van der Waals surface area (Å²) in [6.07, 6.45) is 5.40. The van der Waals surface area contributed by atoms with Gasteiger partial charge in [-0.2, -0.15) is 0 Å². The topological polar surface area (TPSA) is 116 Å². The quantitative estimate of drug-likeness (QED) is 0.507. The molecule has 3 saturated heterocycles. The molecule has 3 aliphatic rings. The van der Waals surface area contributed by atoms with Crippen LogP contribution < -0.4 is 20.7 Å².